The maximum absolute atomic E-state index is 11.7. The van der Waals surface area contributed by atoms with Crippen LogP contribution in [-0.2, 0) is 4.79 Å². The first kappa shape index (κ1) is 15.5. The molecule has 0 radical (unpaired) electrons. The van der Waals surface area contributed by atoms with E-state index in [0.29, 0.717) is 24.2 Å². The highest BCUT2D eigenvalue weighted by Crippen LogP contribution is 2.24. The second-order valence-corrected chi connectivity index (χ2v) is 5.06. The molecule has 0 bridgehead atoms. The molecular weight excluding hydrogens is 198 g/mol. The van der Waals surface area contributed by atoms with Gasteiger partial charge in [-0.1, -0.05) is 41.0 Å². The lowest BCUT2D eigenvalue weighted by molar-refractivity contribution is -0.131. The van der Waals surface area contributed by atoms with Crippen LogP contribution in [0.15, 0.2) is 0 Å². The van der Waals surface area contributed by atoms with Gasteiger partial charge in [0.2, 0.25) is 5.91 Å². The van der Waals surface area contributed by atoms with Crippen molar-refractivity contribution >= 4 is 5.91 Å². The van der Waals surface area contributed by atoms with Crippen molar-refractivity contribution in [1.82, 2.24) is 4.90 Å². The van der Waals surface area contributed by atoms with Crippen molar-refractivity contribution in [3.05, 3.63) is 0 Å². The molecule has 2 unspecified atom stereocenters. The topological polar surface area (TPSA) is 20.3 Å². The fourth-order valence-electron chi connectivity index (χ4n) is 2.13. The van der Waals surface area contributed by atoms with Crippen LogP contribution in [0.4, 0.5) is 0 Å². The summed E-state index contributed by atoms with van der Waals surface area (Å²) in [6.45, 7) is 14.9. The van der Waals surface area contributed by atoms with E-state index in [2.05, 4.69) is 34.6 Å². The molecule has 0 fully saturated rings. The minimum atomic E-state index is 0.289. The van der Waals surface area contributed by atoms with Crippen LogP contribution >= 0.6 is 0 Å². The third kappa shape index (κ3) is 4.54. The van der Waals surface area contributed by atoms with E-state index in [1.165, 1.54) is 0 Å². The van der Waals surface area contributed by atoms with Crippen LogP contribution in [0.25, 0.3) is 0 Å². The van der Waals surface area contributed by atoms with Crippen molar-refractivity contribution < 1.29 is 4.79 Å². The number of carbonyl (C=O) groups is 1. The van der Waals surface area contributed by atoms with Crippen LogP contribution in [-0.4, -0.2) is 23.9 Å². The van der Waals surface area contributed by atoms with Crippen LogP contribution in [0.3, 0.4) is 0 Å². The summed E-state index contributed by atoms with van der Waals surface area (Å²) in [5.74, 6) is 2.30. The molecule has 2 atom stereocenters. The van der Waals surface area contributed by atoms with Gasteiger partial charge in [-0.2, -0.15) is 0 Å². The van der Waals surface area contributed by atoms with E-state index in [9.17, 15) is 4.79 Å². The Morgan fingerprint density at radius 2 is 1.69 bits per heavy atom. The zero-order valence-corrected chi connectivity index (χ0v) is 11.9. The molecule has 0 aromatic carbocycles. The van der Waals surface area contributed by atoms with Gasteiger partial charge in [0.1, 0.15) is 0 Å². The number of nitrogens with zero attached hydrogens (tertiary/aromatic N) is 1. The minimum absolute atomic E-state index is 0.289. The van der Waals surface area contributed by atoms with Gasteiger partial charge >= 0.3 is 0 Å². The Kier molecular flexibility index (Phi) is 7.44. The normalized spacial score (nSPS) is 14.9. The van der Waals surface area contributed by atoms with E-state index >= 15 is 0 Å². The van der Waals surface area contributed by atoms with Gasteiger partial charge < -0.3 is 4.90 Å². The number of hydrogen-bond donors (Lipinski definition) is 0. The Bertz CT molecular complexity index is 201. The average Bonchev–Trinajstić information content (AvgIpc) is 2.28. The van der Waals surface area contributed by atoms with Gasteiger partial charge in [-0.25, -0.2) is 0 Å². The molecule has 0 saturated heterocycles. The molecule has 16 heavy (non-hydrogen) atoms. The average molecular weight is 227 g/mol. The van der Waals surface area contributed by atoms with Crippen LogP contribution in [0.5, 0.6) is 0 Å². The predicted molar refractivity (Wildman–Crippen MR) is 70.3 cm³/mol. The molecule has 0 rings (SSSR count). The third-order valence-corrected chi connectivity index (χ3v) is 3.81. The second-order valence-electron chi connectivity index (χ2n) is 5.06. The second kappa shape index (κ2) is 7.70. The van der Waals surface area contributed by atoms with Gasteiger partial charge in [0, 0.05) is 19.5 Å². The standard InChI is InChI=1S/C14H29NO/c1-7-13(12(6)11(4)5)10-15(9-3)14(16)8-2/h11-13H,7-10H2,1-6H3. The predicted octanol–water partition coefficient (Wildman–Crippen LogP) is 3.56. The molecule has 0 N–H and O–H groups in total. The van der Waals surface area contributed by atoms with Gasteiger partial charge in [-0.05, 0) is 24.7 Å². The molecule has 2 heteroatoms. The van der Waals surface area contributed by atoms with Gasteiger partial charge in [-0.3, -0.25) is 4.79 Å². The largest absolute Gasteiger partial charge is 0.343 e. The van der Waals surface area contributed by atoms with Crippen molar-refractivity contribution in [3.63, 3.8) is 0 Å². The first-order chi connectivity index (χ1) is 7.47. The maximum atomic E-state index is 11.7. The summed E-state index contributed by atoms with van der Waals surface area (Å²) in [7, 11) is 0. The van der Waals surface area contributed by atoms with E-state index in [4.69, 9.17) is 0 Å². The van der Waals surface area contributed by atoms with Crippen molar-refractivity contribution in [2.75, 3.05) is 13.1 Å². The van der Waals surface area contributed by atoms with E-state index in [1.54, 1.807) is 0 Å². The summed E-state index contributed by atoms with van der Waals surface area (Å²) in [5.41, 5.74) is 0. The zero-order chi connectivity index (χ0) is 12.7. The number of hydrogen-bond acceptors (Lipinski definition) is 1. The first-order valence-electron chi connectivity index (χ1n) is 6.75. The molecule has 2 nitrogen and oxygen atoms in total. The summed E-state index contributed by atoms with van der Waals surface area (Å²) in [4.78, 5) is 13.7. The van der Waals surface area contributed by atoms with E-state index in [1.807, 2.05) is 11.8 Å². The monoisotopic (exact) mass is 227 g/mol. The van der Waals surface area contributed by atoms with E-state index in [0.717, 1.165) is 19.5 Å². The summed E-state index contributed by atoms with van der Waals surface area (Å²) >= 11 is 0. The fourth-order valence-corrected chi connectivity index (χ4v) is 2.13. The maximum Gasteiger partial charge on any atom is 0.222 e. The van der Waals surface area contributed by atoms with Crippen LogP contribution in [0.2, 0.25) is 0 Å². The van der Waals surface area contributed by atoms with E-state index < -0.39 is 0 Å². The Hall–Kier alpha value is -0.530. The molecule has 0 saturated carbocycles. The molecule has 1 amide bonds. The highest BCUT2D eigenvalue weighted by Gasteiger charge is 2.22. The Morgan fingerprint density at radius 3 is 2.00 bits per heavy atom. The van der Waals surface area contributed by atoms with Crippen LogP contribution in [0, 0.1) is 17.8 Å². The van der Waals surface area contributed by atoms with Gasteiger partial charge in [0.25, 0.3) is 0 Å². The van der Waals surface area contributed by atoms with Gasteiger partial charge in [-0.15, -0.1) is 0 Å². The molecule has 0 aliphatic rings. The Labute approximate surface area is 101 Å². The lowest BCUT2D eigenvalue weighted by Gasteiger charge is -2.31. The minimum Gasteiger partial charge on any atom is -0.343 e. The molecule has 0 aliphatic carbocycles. The third-order valence-electron chi connectivity index (χ3n) is 3.81. The molecule has 0 spiro atoms. The lowest BCUT2D eigenvalue weighted by atomic mass is 9.83. The van der Waals surface area contributed by atoms with Crippen LogP contribution in [0.1, 0.15) is 54.4 Å². The Morgan fingerprint density at radius 1 is 1.12 bits per heavy atom. The SMILES string of the molecule is CCC(=O)N(CC)CC(CC)C(C)C(C)C. The molecular formula is C14H29NO. The molecule has 0 heterocycles. The van der Waals surface area contributed by atoms with Gasteiger partial charge in [0.05, 0.1) is 0 Å². The number of rotatable bonds is 7. The molecule has 0 aromatic rings. The highest BCUT2D eigenvalue weighted by molar-refractivity contribution is 5.75. The quantitative estimate of drug-likeness (QED) is 0.651. The lowest BCUT2D eigenvalue weighted by Crippen LogP contribution is -2.37. The van der Waals surface area contributed by atoms with Crippen molar-refractivity contribution in [3.8, 4) is 0 Å². The summed E-state index contributed by atoms with van der Waals surface area (Å²) in [5, 5.41) is 0. The summed E-state index contributed by atoms with van der Waals surface area (Å²) in [6.07, 6.45) is 1.78. The smallest absolute Gasteiger partial charge is 0.222 e. The number of carbonyl (C=O) groups excluding carboxylic acids is 1. The van der Waals surface area contributed by atoms with E-state index in [-0.39, 0.29) is 5.91 Å². The highest BCUT2D eigenvalue weighted by atomic mass is 16.2. The van der Waals surface area contributed by atoms with Crippen molar-refractivity contribution in [1.29, 1.82) is 0 Å². The van der Waals surface area contributed by atoms with Crippen molar-refractivity contribution in [2.45, 2.75) is 54.4 Å². The number of amides is 1. The zero-order valence-electron chi connectivity index (χ0n) is 11.9. The molecule has 96 valence electrons. The summed E-state index contributed by atoms with van der Waals surface area (Å²) in [6, 6.07) is 0. The van der Waals surface area contributed by atoms with Gasteiger partial charge in [0.15, 0.2) is 0 Å². The molecule has 0 aromatic heterocycles. The fraction of sp³-hybridized carbons (Fsp3) is 0.929. The summed E-state index contributed by atoms with van der Waals surface area (Å²) < 4.78 is 0. The van der Waals surface area contributed by atoms with Crippen molar-refractivity contribution in [2.24, 2.45) is 17.8 Å². The molecule has 0 aliphatic heterocycles. The first-order valence-corrected chi connectivity index (χ1v) is 6.75. The van der Waals surface area contributed by atoms with Crippen LogP contribution < -0.4 is 0 Å². The Balaban J connectivity index is 4.44.